The molecule has 1 aliphatic heterocycles. The number of nitrogens with zero attached hydrogens (tertiary/aromatic N) is 6. The Morgan fingerprint density at radius 1 is 1.00 bits per heavy atom. The fraction of sp³-hybridized carbons (Fsp3) is 0.261. The molecule has 11 heteroatoms. The van der Waals surface area contributed by atoms with Crippen molar-refractivity contribution in [2.24, 2.45) is 0 Å². The van der Waals surface area contributed by atoms with Crippen LogP contribution in [-0.4, -0.2) is 89.4 Å². The fourth-order valence-corrected chi connectivity index (χ4v) is 4.58. The number of hydrogen-bond donors (Lipinski definition) is 4. The molecule has 34 heavy (non-hydrogen) atoms. The van der Waals surface area contributed by atoms with Crippen LogP contribution >= 0.6 is 0 Å². The molecule has 172 valence electrons. The zero-order valence-electron chi connectivity index (χ0n) is 18.3. The van der Waals surface area contributed by atoms with E-state index in [0.29, 0.717) is 18.9 Å². The van der Waals surface area contributed by atoms with Crippen LogP contribution in [-0.2, 0) is 11.3 Å². The number of amides is 1. The van der Waals surface area contributed by atoms with Gasteiger partial charge in [-0.1, -0.05) is 12.1 Å². The molecule has 4 N–H and O–H groups in total. The molecule has 4 heterocycles. The summed E-state index contributed by atoms with van der Waals surface area (Å²) in [5.74, 6) is 0.413. The third-order valence-electron chi connectivity index (χ3n) is 6.39. The minimum atomic E-state index is -0.419. The molecule has 1 amide bonds. The van der Waals surface area contributed by atoms with Crippen molar-refractivity contribution in [2.75, 3.05) is 32.8 Å². The smallest absolute Gasteiger partial charge is 0.248 e. The normalized spacial score (nSPS) is 14.9. The van der Waals surface area contributed by atoms with Gasteiger partial charge in [-0.25, -0.2) is 5.10 Å². The van der Waals surface area contributed by atoms with Gasteiger partial charge in [0.15, 0.2) is 5.82 Å². The van der Waals surface area contributed by atoms with Gasteiger partial charge in [0.2, 0.25) is 5.91 Å². The zero-order valence-corrected chi connectivity index (χ0v) is 18.3. The van der Waals surface area contributed by atoms with Crippen molar-refractivity contribution >= 4 is 27.7 Å². The lowest BCUT2D eigenvalue weighted by Gasteiger charge is -2.34. The third kappa shape index (κ3) is 3.70. The average Bonchev–Trinajstić information content (AvgIpc) is 3.62. The monoisotopic (exact) mass is 457 g/mol. The second-order valence-electron chi connectivity index (χ2n) is 8.50. The number of aliphatic hydroxyl groups is 1. The largest absolute Gasteiger partial charge is 0.387 e. The number of aromatic amines is 3. The number of fused-ring (bicyclic) bond motifs is 2. The Bertz CT molecular complexity index is 1460. The van der Waals surface area contributed by atoms with Crippen LogP contribution in [0, 0.1) is 0 Å². The topological polar surface area (TPSA) is 143 Å². The number of aromatic nitrogens is 7. The Morgan fingerprint density at radius 3 is 2.68 bits per heavy atom. The van der Waals surface area contributed by atoms with E-state index in [9.17, 15) is 4.79 Å². The van der Waals surface area contributed by atoms with Crippen LogP contribution in [0.4, 0.5) is 0 Å². The quantitative estimate of drug-likeness (QED) is 0.313. The molecule has 0 spiro atoms. The Balaban J connectivity index is 1.22. The van der Waals surface area contributed by atoms with Crippen molar-refractivity contribution in [3.63, 3.8) is 0 Å². The van der Waals surface area contributed by atoms with Crippen LogP contribution in [0.2, 0.25) is 0 Å². The standard InChI is InChI=1S/C23H23N9O2/c33-13-21(34)32-7-5-31(6-8-32)12-14-1-4-18-16(9-14)11-20(24-18)22-17-3-2-15(10-19(17)25-26-22)23-27-29-30-28-23/h1-4,9-11,24,33H,5-8,12-13H2,(H,25,26)(H,27,28,29,30). The van der Waals surface area contributed by atoms with Gasteiger partial charge in [0, 0.05) is 54.6 Å². The molecule has 5 aromatic rings. The minimum absolute atomic E-state index is 0.196. The molecule has 1 saturated heterocycles. The summed E-state index contributed by atoms with van der Waals surface area (Å²) in [7, 11) is 0. The van der Waals surface area contributed by atoms with Crippen LogP contribution in [0.15, 0.2) is 42.5 Å². The van der Waals surface area contributed by atoms with Crippen molar-refractivity contribution in [3.8, 4) is 22.8 Å². The van der Waals surface area contributed by atoms with Crippen molar-refractivity contribution < 1.29 is 9.90 Å². The predicted molar refractivity (Wildman–Crippen MR) is 126 cm³/mol. The zero-order chi connectivity index (χ0) is 23.1. The molecule has 0 saturated carbocycles. The highest BCUT2D eigenvalue weighted by molar-refractivity contribution is 5.97. The molecular formula is C23H23N9O2. The summed E-state index contributed by atoms with van der Waals surface area (Å²) in [6, 6.07) is 14.5. The van der Waals surface area contributed by atoms with Gasteiger partial charge in [0.25, 0.3) is 0 Å². The summed E-state index contributed by atoms with van der Waals surface area (Å²) in [5, 5.41) is 32.9. The van der Waals surface area contributed by atoms with E-state index >= 15 is 0 Å². The molecule has 0 radical (unpaired) electrons. The van der Waals surface area contributed by atoms with Gasteiger partial charge in [-0.2, -0.15) is 5.10 Å². The van der Waals surface area contributed by atoms with Gasteiger partial charge in [0.05, 0.1) is 11.2 Å². The van der Waals surface area contributed by atoms with Gasteiger partial charge in [-0.05, 0) is 46.3 Å². The maximum absolute atomic E-state index is 11.7. The van der Waals surface area contributed by atoms with E-state index in [1.807, 2.05) is 18.2 Å². The second-order valence-corrected chi connectivity index (χ2v) is 8.50. The molecule has 11 nitrogen and oxygen atoms in total. The molecule has 0 unspecified atom stereocenters. The Morgan fingerprint density at radius 2 is 1.88 bits per heavy atom. The van der Waals surface area contributed by atoms with Crippen LogP contribution in [0.1, 0.15) is 5.56 Å². The van der Waals surface area contributed by atoms with E-state index < -0.39 is 6.61 Å². The van der Waals surface area contributed by atoms with Crippen LogP contribution in [0.3, 0.4) is 0 Å². The highest BCUT2D eigenvalue weighted by atomic mass is 16.3. The number of benzene rings is 2. The first kappa shape index (κ1) is 20.5. The number of carbonyl (C=O) groups is 1. The summed E-state index contributed by atoms with van der Waals surface area (Å²) in [4.78, 5) is 19.2. The predicted octanol–water partition coefficient (Wildman–Crippen LogP) is 1.53. The summed E-state index contributed by atoms with van der Waals surface area (Å²) in [5.41, 5.74) is 5.87. The Hall–Kier alpha value is -4.09. The first-order valence-electron chi connectivity index (χ1n) is 11.1. The maximum atomic E-state index is 11.7. The molecule has 3 aromatic heterocycles. The van der Waals surface area contributed by atoms with Crippen molar-refractivity contribution in [1.29, 1.82) is 0 Å². The Labute approximate surface area is 193 Å². The summed E-state index contributed by atoms with van der Waals surface area (Å²) < 4.78 is 0. The van der Waals surface area contributed by atoms with Crippen molar-refractivity contribution in [3.05, 3.63) is 48.0 Å². The van der Waals surface area contributed by atoms with Crippen LogP contribution in [0.25, 0.3) is 44.6 Å². The molecule has 0 atom stereocenters. The molecule has 6 rings (SSSR count). The lowest BCUT2D eigenvalue weighted by molar-refractivity contribution is -0.135. The average molecular weight is 457 g/mol. The lowest BCUT2D eigenvalue weighted by Crippen LogP contribution is -2.49. The van der Waals surface area contributed by atoms with E-state index in [1.54, 1.807) is 4.90 Å². The van der Waals surface area contributed by atoms with E-state index in [4.69, 9.17) is 5.11 Å². The summed E-state index contributed by atoms with van der Waals surface area (Å²) >= 11 is 0. The van der Waals surface area contributed by atoms with E-state index in [0.717, 1.165) is 58.4 Å². The van der Waals surface area contributed by atoms with Gasteiger partial charge in [-0.15, -0.1) is 5.10 Å². The van der Waals surface area contributed by atoms with Gasteiger partial charge in [0.1, 0.15) is 12.3 Å². The van der Waals surface area contributed by atoms with E-state index in [1.165, 1.54) is 5.56 Å². The fourth-order valence-electron chi connectivity index (χ4n) is 4.58. The third-order valence-corrected chi connectivity index (χ3v) is 6.39. The van der Waals surface area contributed by atoms with E-state index in [-0.39, 0.29) is 5.91 Å². The highest BCUT2D eigenvalue weighted by Gasteiger charge is 2.20. The molecule has 1 aliphatic rings. The SMILES string of the molecule is O=C(CO)N1CCN(Cc2ccc3[nH]c(-c4n[nH]c5cc(-c6nnn[nH]6)ccc45)cc3c2)CC1. The number of nitrogens with one attached hydrogen (secondary N) is 3. The number of hydrogen-bond acceptors (Lipinski definition) is 7. The molecule has 2 aromatic carbocycles. The summed E-state index contributed by atoms with van der Waals surface area (Å²) in [6.45, 7) is 3.30. The number of piperazine rings is 1. The number of rotatable bonds is 5. The summed E-state index contributed by atoms with van der Waals surface area (Å²) in [6.07, 6.45) is 0. The van der Waals surface area contributed by atoms with Gasteiger partial charge in [-0.3, -0.25) is 14.8 Å². The number of aliphatic hydroxyl groups excluding tert-OH is 1. The maximum Gasteiger partial charge on any atom is 0.248 e. The van der Waals surface area contributed by atoms with E-state index in [2.05, 4.69) is 65.0 Å². The molecule has 0 bridgehead atoms. The first-order valence-corrected chi connectivity index (χ1v) is 11.1. The van der Waals surface area contributed by atoms with Crippen LogP contribution < -0.4 is 0 Å². The molecule has 0 aliphatic carbocycles. The number of tetrazole rings is 1. The second kappa shape index (κ2) is 8.36. The van der Waals surface area contributed by atoms with Crippen molar-refractivity contribution in [2.45, 2.75) is 6.54 Å². The Kier molecular flexibility index (Phi) is 5.04. The first-order chi connectivity index (χ1) is 16.7. The van der Waals surface area contributed by atoms with Crippen molar-refractivity contribution in [1.82, 2.24) is 45.6 Å². The lowest BCUT2D eigenvalue weighted by atomic mass is 10.1. The molecule has 1 fully saturated rings. The van der Waals surface area contributed by atoms with Gasteiger partial charge < -0.3 is 15.0 Å². The van der Waals surface area contributed by atoms with Gasteiger partial charge >= 0.3 is 0 Å². The molecular weight excluding hydrogens is 434 g/mol. The number of H-pyrrole nitrogens is 3. The van der Waals surface area contributed by atoms with Crippen LogP contribution in [0.5, 0.6) is 0 Å². The minimum Gasteiger partial charge on any atom is -0.387 e. The number of carbonyl (C=O) groups excluding carboxylic acids is 1. The highest BCUT2D eigenvalue weighted by Crippen LogP contribution is 2.31.